The predicted molar refractivity (Wildman–Crippen MR) is 306 cm³/mol. The van der Waals surface area contributed by atoms with Gasteiger partial charge < -0.3 is 102 Å². The van der Waals surface area contributed by atoms with E-state index in [9.17, 15) is 55.2 Å². The van der Waals surface area contributed by atoms with E-state index in [1.165, 1.54) is 20.8 Å². The van der Waals surface area contributed by atoms with Crippen molar-refractivity contribution in [2.24, 2.45) is 0 Å². The van der Waals surface area contributed by atoms with Crippen LogP contribution in [0.5, 0.6) is 0 Å². The standard InChI is InChI=1S/C62H108O24/c1-9-12-15-16-18-22-28-33-42(65)82-57-56(85-58-48(71)45(68)43(66)34(4)74-58)53(83-59-49(72)47(70)51(36(6)76-59)80-40(63)31-25-14-11-3)38(8)78-62(57)84-52-37(7)77-60-50(73)54(52)81-41(64)32-27-23-20-17-19-21-26-30-39(29-24-13-10-2)79-55-46(69)44(67)35(5)75-61(55)86-60/h34-39,43-62,66-73H,9-33H2,1-8H3/t34-,35+,36-,37-,38-,39?,43-,44-,45+,46-,47-,48+,49+,50+,51-,52-,53-,54-,55+,56+,57+,58-,59-,60-,61+,62-/m0/s1. The molecule has 24 nitrogen and oxygen atoms in total. The molecule has 0 aromatic heterocycles. The lowest BCUT2D eigenvalue weighted by Crippen LogP contribution is -2.68. The molecule has 6 saturated heterocycles. The summed E-state index contributed by atoms with van der Waals surface area (Å²) in [5.41, 5.74) is 0. The quantitative estimate of drug-likeness (QED) is 0.0355. The highest BCUT2D eigenvalue weighted by atomic mass is 16.8. The van der Waals surface area contributed by atoms with Crippen molar-refractivity contribution in [2.45, 2.75) is 376 Å². The number of unbranched alkanes of at least 4 members (excludes halogenated alkanes) is 10. The van der Waals surface area contributed by atoms with E-state index in [0.717, 1.165) is 103 Å². The molecule has 0 spiro atoms. The van der Waals surface area contributed by atoms with E-state index in [1.807, 2.05) is 6.92 Å². The van der Waals surface area contributed by atoms with Crippen molar-refractivity contribution in [3.63, 3.8) is 0 Å². The minimum absolute atomic E-state index is 0.0165. The minimum atomic E-state index is -1.90. The molecule has 1 unspecified atom stereocenters. The Morgan fingerprint density at radius 2 is 0.884 bits per heavy atom. The number of hydrogen-bond donors (Lipinski definition) is 8. The van der Waals surface area contributed by atoms with Gasteiger partial charge in [-0.25, -0.2) is 0 Å². The second-order valence-corrected chi connectivity index (χ2v) is 24.8. The first-order chi connectivity index (χ1) is 41.2. The van der Waals surface area contributed by atoms with E-state index in [-0.39, 0.29) is 25.4 Å². The lowest BCUT2D eigenvalue weighted by molar-refractivity contribution is -0.403. The lowest BCUT2D eigenvalue weighted by atomic mass is 9.95. The molecule has 0 amide bonds. The highest BCUT2D eigenvalue weighted by Crippen LogP contribution is 2.39. The maximum Gasteiger partial charge on any atom is 0.306 e. The van der Waals surface area contributed by atoms with Gasteiger partial charge in [0.05, 0.1) is 36.6 Å². The molecule has 500 valence electrons. The molecular formula is C62H108O24. The molecule has 6 fully saturated rings. The Morgan fingerprint density at radius 3 is 1.56 bits per heavy atom. The highest BCUT2D eigenvalue weighted by molar-refractivity contribution is 5.70. The second kappa shape index (κ2) is 36.7. The van der Waals surface area contributed by atoms with Gasteiger partial charge in [0, 0.05) is 19.3 Å². The van der Waals surface area contributed by atoms with E-state index >= 15 is 0 Å². The zero-order valence-electron chi connectivity index (χ0n) is 52.3. The number of ether oxygens (including phenoxy) is 13. The van der Waals surface area contributed by atoms with Crippen LogP contribution in [0.3, 0.4) is 0 Å². The van der Waals surface area contributed by atoms with E-state index in [0.29, 0.717) is 38.5 Å². The van der Waals surface area contributed by atoms with E-state index < -0.39 is 171 Å². The van der Waals surface area contributed by atoms with Crippen LogP contribution in [0.25, 0.3) is 0 Å². The van der Waals surface area contributed by atoms with Crippen molar-refractivity contribution in [3.8, 4) is 0 Å². The normalized spacial score (nSPS) is 41.6. The first-order valence-electron chi connectivity index (χ1n) is 32.8. The zero-order valence-corrected chi connectivity index (χ0v) is 52.3. The van der Waals surface area contributed by atoms with Crippen molar-refractivity contribution in [1.82, 2.24) is 0 Å². The maximum atomic E-state index is 14.3. The van der Waals surface area contributed by atoms with Crippen LogP contribution in [0.15, 0.2) is 0 Å². The van der Waals surface area contributed by atoms with E-state index in [1.54, 1.807) is 13.8 Å². The Hall–Kier alpha value is -2.31. The Kier molecular flexibility index (Phi) is 31.0. The Morgan fingerprint density at radius 1 is 0.407 bits per heavy atom. The van der Waals surface area contributed by atoms with Gasteiger partial charge in [-0.2, -0.15) is 0 Å². The van der Waals surface area contributed by atoms with Gasteiger partial charge in [0.15, 0.2) is 49.8 Å². The van der Waals surface area contributed by atoms with Gasteiger partial charge >= 0.3 is 17.9 Å². The van der Waals surface area contributed by atoms with Gasteiger partial charge in [-0.05, 0) is 66.7 Å². The average Bonchev–Trinajstić information content (AvgIpc) is 1.05. The summed E-state index contributed by atoms with van der Waals surface area (Å²) in [4.78, 5) is 41.2. The first-order valence-corrected chi connectivity index (χ1v) is 32.8. The van der Waals surface area contributed by atoms with Crippen molar-refractivity contribution < 1.29 is 117 Å². The van der Waals surface area contributed by atoms with Crippen molar-refractivity contribution in [2.75, 3.05) is 0 Å². The Labute approximate surface area is 508 Å². The molecule has 24 heteroatoms. The number of aliphatic hydroxyl groups is 8. The first kappa shape index (κ1) is 72.7. The summed E-state index contributed by atoms with van der Waals surface area (Å²) in [5.74, 6) is -2.01. The van der Waals surface area contributed by atoms with Crippen molar-refractivity contribution >= 4 is 17.9 Å². The molecule has 0 radical (unpaired) electrons. The summed E-state index contributed by atoms with van der Waals surface area (Å²) in [6.45, 7) is 13.9. The van der Waals surface area contributed by atoms with Crippen LogP contribution in [-0.4, -0.2) is 218 Å². The summed E-state index contributed by atoms with van der Waals surface area (Å²) in [6, 6.07) is 0. The number of rotatable bonds is 24. The predicted octanol–water partition coefficient (Wildman–Crippen LogP) is 5.08. The lowest BCUT2D eigenvalue weighted by Gasteiger charge is -2.51. The molecule has 6 rings (SSSR count). The molecule has 0 saturated carbocycles. The van der Waals surface area contributed by atoms with Gasteiger partial charge in [-0.15, -0.1) is 0 Å². The number of carbonyl (C=O) groups excluding carboxylic acids is 3. The third kappa shape index (κ3) is 20.6. The Bertz CT molecular complexity index is 1960. The molecule has 6 aliphatic rings. The van der Waals surface area contributed by atoms with Crippen LogP contribution in [0, 0.1) is 0 Å². The topological polar surface area (TPSA) is 333 Å². The number of esters is 3. The number of carbonyl (C=O) groups is 3. The Balaban J connectivity index is 1.35. The van der Waals surface area contributed by atoms with Crippen LogP contribution in [-0.2, 0) is 76.0 Å². The molecule has 26 atom stereocenters. The monoisotopic (exact) mass is 1240 g/mol. The van der Waals surface area contributed by atoms with E-state index in [4.69, 9.17) is 61.6 Å². The molecule has 6 heterocycles. The van der Waals surface area contributed by atoms with Gasteiger partial charge in [-0.3, -0.25) is 14.4 Å². The van der Waals surface area contributed by atoms with Crippen LogP contribution in [0.2, 0.25) is 0 Å². The summed E-state index contributed by atoms with van der Waals surface area (Å²) in [7, 11) is 0. The minimum Gasteiger partial charge on any atom is -0.457 e. The molecule has 0 aliphatic carbocycles. The fourth-order valence-corrected chi connectivity index (χ4v) is 12.3. The van der Waals surface area contributed by atoms with Gasteiger partial charge in [0.25, 0.3) is 0 Å². The summed E-state index contributed by atoms with van der Waals surface area (Å²) in [5, 5.41) is 91.7. The van der Waals surface area contributed by atoms with Crippen LogP contribution >= 0.6 is 0 Å². The van der Waals surface area contributed by atoms with E-state index in [2.05, 4.69) is 13.8 Å². The molecule has 0 aromatic rings. The second-order valence-electron chi connectivity index (χ2n) is 24.8. The molecule has 0 aromatic carbocycles. The maximum absolute atomic E-state index is 14.3. The third-order valence-corrected chi connectivity index (χ3v) is 17.6. The van der Waals surface area contributed by atoms with Crippen LogP contribution in [0.1, 0.15) is 216 Å². The molecule has 6 aliphatic heterocycles. The summed E-state index contributed by atoms with van der Waals surface area (Å²) in [6.07, 6.45) is -19.5. The van der Waals surface area contributed by atoms with Gasteiger partial charge in [-0.1, -0.05) is 130 Å². The fraction of sp³-hybridized carbons (Fsp3) is 0.952. The third-order valence-electron chi connectivity index (χ3n) is 17.6. The molecule has 86 heavy (non-hydrogen) atoms. The number of hydrogen-bond acceptors (Lipinski definition) is 24. The molecule has 2 bridgehead atoms. The fourth-order valence-electron chi connectivity index (χ4n) is 12.3. The smallest absolute Gasteiger partial charge is 0.306 e. The largest absolute Gasteiger partial charge is 0.457 e. The van der Waals surface area contributed by atoms with Gasteiger partial charge in [0.2, 0.25) is 0 Å². The van der Waals surface area contributed by atoms with Crippen molar-refractivity contribution in [3.05, 3.63) is 0 Å². The zero-order chi connectivity index (χ0) is 62.6. The number of aliphatic hydroxyl groups excluding tert-OH is 8. The SMILES string of the molecule is CCCCCCCCCC(=O)O[C@H]1[C@H](O[C@@H]2[C@H]3OC(=O)CCCCCCCCCC(CCCCC)O[C@H]4[C@@H](O[C@H](O[C@H]2C)[C@@H]3O)O[C@H](C)[C@H](O)[C@@H]4O)O[C@@H](C)[C@H](O[C@@H]2O[C@@H](C)[C@H](OC(=O)CCCCC)[C@@H](O)[C@H]2O)[C@H]1O[C@@H]1O[C@@H](C)[C@H](O)[C@@H](O)[C@H]1O. The summed E-state index contributed by atoms with van der Waals surface area (Å²) >= 11 is 0. The van der Waals surface area contributed by atoms with Gasteiger partial charge in [0.1, 0.15) is 73.2 Å². The van der Waals surface area contributed by atoms with Crippen LogP contribution < -0.4 is 0 Å². The molecular weight excluding hydrogens is 1130 g/mol. The average molecular weight is 1240 g/mol. The summed E-state index contributed by atoms with van der Waals surface area (Å²) < 4.78 is 82.4. The molecule has 8 N–H and O–H groups in total. The number of fused-ring (bicyclic) bond motifs is 3. The van der Waals surface area contributed by atoms with Crippen LogP contribution in [0.4, 0.5) is 0 Å². The van der Waals surface area contributed by atoms with Crippen molar-refractivity contribution in [1.29, 1.82) is 0 Å². The highest BCUT2D eigenvalue weighted by Gasteiger charge is 2.58.